The van der Waals surface area contributed by atoms with Gasteiger partial charge in [0, 0.05) is 10.0 Å². The van der Waals surface area contributed by atoms with Crippen LogP contribution in [0.4, 0.5) is 0 Å². The maximum atomic E-state index is 12.1. The van der Waals surface area contributed by atoms with Gasteiger partial charge in [-0.05, 0) is 49.7 Å². The highest BCUT2D eigenvalue weighted by atomic mass is 79.9. The lowest BCUT2D eigenvalue weighted by Crippen LogP contribution is -2.31. The van der Waals surface area contributed by atoms with E-state index in [-0.39, 0.29) is 18.6 Å². The minimum atomic E-state index is -0.239. The Balaban J connectivity index is 1.95. The van der Waals surface area contributed by atoms with Gasteiger partial charge in [0.05, 0.1) is 12.6 Å². The van der Waals surface area contributed by atoms with Gasteiger partial charge < -0.3 is 14.8 Å². The van der Waals surface area contributed by atoms with Crippen molar-refractivity contribution in [1.29, 1.82) is 0 Å². The number of carbonyl (C=O) groups is 2. The third-order valence-electron chi connectivity index (χ3n) is 3.51. The van der Waals surface area contributed by atoms with Crippen LogP contribution < -0.4 is 14.8 Å². The SMILES string of the molecule is CCOc1cc(C=O)ccc1OCC(=O)N[C@H](C)c1ccc(Br)cc1. The van der Waals surface area contributed by atoms with Gasteiger partial charge in [-0.15, -0.1) is 0 Å². The molecule has 1 N–H and O–H groups in total. The molecule has 0 aliphatic carbocycles. The predicted molar refractivity (Wildman–Crippen MR) is 99.2 cm³/mol. The first-order valence-electron chi connectivity index (χ1n) is 7.93. The van der Waals surface area contributed by atoms with E-state index in [0.717, 1.165) is 16.3 Å². The number of benzene rings is 2. The lowest BCUT2D eigenvalue weighted by molar-refractivity contribution is -0.123. The van der Waals surface area contributed by atoms with Crippen molar-refractivity contribution in [1.82, 2.24) is 5.32 Å². The van der Waals surface area contributed by atoms with Gasteiger partial charge >= 0.3 is 0 Å². The van der Waals surface area contributed by atoms with Crippen molar-refractivity contribution in [3.05, 3.63) is 58.1 Å². The first-order valence-corrected chi connectivity index (χ1v) is 8.72. The molecule has 1 atom stereocenters. The first-order chi connectivity index (χ1) is 12.0. The number of ether oxygens (including phenoxy) is 2. The summed E-state index contributed by atoms with van der Waals surface area (Å²) in [5.41, 5.74) is 1.49. The zero-order valence-electron chi connectivity index (χ0n) is 14.1. The van der Waals surface area contributed by atoms with Crippen LogP contribution in [0.1, 0.15) is 35.8 Å². The molecule has 0 fully saturated rings. The summed E-state index contributed by atoms with van der Waals surface area (Å²) in [7, 11) is 0. The molecular weight excluding hydrogens is 386 g/mol. The molecule has 0 spiro atoms. The molecule has 0 bridgehead atoms. The van der Waals surface area contributed by atoms with Crippen molar-refractivity contribution in [2.24, 2.45) is 0 Å². The number of rotatable bonds is 8. The van der Waals surface area contributed by atoms with Crippen LogP contribution in [0.3, 0.4) is 0 Å². The number of hydrogen-bond acceptors (Lipinski definition) is 4. The second kappa shape index (κ2) is 9.22. The van der Waals surface area contributed by atoms with Gasteiger partial charge in [0.25, 0.3) is 5.91 Å². The zero-order chi connectivity index (χ0) is 18.2. The Morgan fingerprint density at radius 3 is 2.52 bits per heavy atom. The highest BCUT2D eigenvalue weighted by Gasteiger charge is 2.12. The fourth-order valence-electron chi connectivity index (χ4n) is 2.25. The molecule has 25 heavy (non-hydrogen) atoms. The maximum absolute atomic E-state index is 12.1. The molecule has 132 valence electrons. The third kappa shape index (κ3) is 5.60. The maximum Gasteiger partial charge on any atom is 0.258 e. The Hall–Kier alpha value is -2.34. The Morgan fingerprint density at radius 2 is 1.88 bits per heavy atom. The summed E-state index contributed by atoms with van der Waals surface area (Å²) >= 11 is 3.38. The summed E-state index contributed by atoms with van der Waals surface area (Å²) in [6.45, 7) is 4.04. The summed E-state index contributed by atoms with van der Waals surface area (Å²) in [6.07, 6.45) is 0.735. The van der Waals surface area contributed by atoms with E-state index < -0.39 is 0 Å². The lowest BCUT2D eigenvalue weighted by atomic mass is 10.1. The van der Waals surface area contributed by atoms with Gasteiger partial charge in [-0.1, -0.05) is 28.1 Å². The van der Waals surface area contributed by atoms with E-state index in [0.29, 0.717) is 23.7 Å². The van der Waals surface area contributed by atoms with E-state index in [1.54, 1.807) is 18.2 Å². The number of carbonyl (C=O) groups excluding carboxylic acids is 2. The van der Waals surface area contributed by atoms with E-state index in [9.17, 15) is 9.59 Å². The Bertz CT molecular complexity index is 731. The second-order valence-electron chi connectivity index (χ2n) is 5.39. The van der Waals surface area contributed by atoms with Crippen LogP contribution in [-0.2, 0) is 4.79 Å². The van der Waals surface area contributed by atoms with Gasteiger partial charge in [-0.25, -0.2) is 0 Å². The molecule has 1 amide bonds. The topological polar surface area (TPSA) is 64.6 Å². The van der Waals surface area contributed by atoms with E-state index in [2.05, 4.69) is 21.2 Å². The summed E-state index contributed by atoms with van der Waals surface area (Å²) in [5, 5.41) is 2.88. The van der Waals surface area contributed by atoms with Crippen LogP contribution >= 0.6 is 15.9 Å². The average molecular weight is 406 g/mol. The molecule has 0 saturated carbocycles. The van der Waals surface area contributed by atoms with Crippen molar-refractivity contribution in [3.63, 3.8) is 0 Å². The molecule has 5 nitrogen and oxygen atoms in total. The molecule has 0 saturated heterocycles. The normalized spacial score (nSPS) is 11.5. The number of aldehydes is 1. The molecule has 0 aliphatic heterocycles. The number of nitrogens with one attached hydrogen (secondary N) is 1. The van der Waals surface area contributed by atoms with Gasteiger partial charge in [-0.2, -0.15) is 0 Å². The van der Waals surface area contributed by atoms with Crippen molar-refractivity contribution >= 4 is 28.1 Å². The summed E-state index contributed by atoms with van der Waals surface area (Å²) < 4.78 is 12.0. The van der Waals surface area contributed by atoms with E-state index in [1.807, 2.05) is 38.1 Å². The standard InChI is InChI=1S/C19H20BrNO4/c1-3-24-18-10-14(11-22)4-9-17(18)25-12-19(23)21-13(2)15-5-7-16(20)8-6-15/h4-11,13H,3,12H2,1-2H3,(H,21,23)/t13-/m1/s1. The van der Waals surface area contributed by atoms with Crippen LogP contribution in [0.15, 0.2) is 46.9 Å². The van der Waals surface area contributed by atoms with Crippen LogP contribution in [-0.4, -0.2) is 25.4 Å². The minimum absolute atomic E-state index is 0.131. The Kier molecular flexibility index (Phi) is 7.01. The summed E-state index contributed by atoms with van der Waals surface area (Å²) in [4.78, 5) is 23.0. The molecule has 2 aromatic rings. The van der Waals surface area contributed by atoms with Crippen LogP contribution in [0.5, 0.6) is 11.5 Å². The first kappa shape index (κ1) is 19.0. The van der Waals surface area contributed by atoms with Gasteiger partial charge in [0.2, 0.25) is 0 Å². The fraction of sp³-hybridized carbons (Fsp3) is 0.263. The van der Waals surface area contributed by atoms with Crippen molar-refractivity contribution in [2.45, 2.75) is 19.9 Å². The quantitative estimate of drug-likeness (QED) is 0.675. The smallest absolute Gasteiger partial charge is 0.258 e. The molecule has 2 rings (SSSR count). The number of amides is 1. The third-order valence-corrected chi connectivity index (χ3v) is 4.04. The van der Waals surface area contributed by atoms with Crippen molar-refractivity contribution in [3.8, 4) is 11.5 Å². The molecular formula is C19H20BrNO4. The molecule has 0 heterocycles. The number of halogens is 1. The summed E-state index contributed by atoms with van der Waals surface area (Å²) in [6, 6.07) is 12.5. The highest BCUT2D eigenvalue weighted by Crippen LogP contribution is 2.28. The van der Waals surface area contributed by atoms with Gasteiger partial charge in [0.1, 0.15) is 6.29 Å². The van der Waals surface area contributed by atoms with Crippen LogP contribution in [0.2, 0.25) is 0 Å². The highest BCUT2D eigenvalue weighted by molar-refractivity contribution is 9.10. The molecule has 6 heteroatoms. The zero-order valence-corrected chi connectivity index (χ0v) is 15.7. The van der Waals surface area contributed by atoms with Crippen molar-refractivity contribution in [2.75, 3.05) is 13.2 Å². The van der Waals surface area contributed by atoms with E-state index >= 15 is 0 Å². The summed E-state index contributed by atoms with van der Waals surface area (Å²) in [5.74, 6) is 0.636. The Labute approximate surface area is 155 Å². The predicted octanol–water partition coefficient (Wildman–Crippen LogP) is 3.92. The lowest BCUT2D eigenvalue weighted by Gasteiger charge is -2.16. The molecule has 0 radical (unpaired) electrons. The van der Waals surface area contributed by atoms with Crippen LogP contribution in [0, 0.1) is 0 Å². The van der Waals surface area contributed by atoms with Crippen LogP contribution in [0.25, 0.3) is 0 Å². The minimum Gasteiger partial charge on any atom is -0.490 e. The largest absolute Gasteiger partial charge is 0.490 e. The molecule has 2 aromatic carbocycles. The average Bonchev–Trinajstić information content (AvgIpc) is 2.61. The molecule has 0 aromatic heterocycles. The van der Waals surface area contributed by atoms with Gasteiger partial charge in [-0.3, -0.25) is 9.59 Å². The molecule has 0 aliphatic rings. The monoisotopic (exact) mass is 405 g/mol. The van der Waals surface area contributed by atoms with E-state index in [4.69, 9.17) is 9.47 Å². The fourth-order valence-corrected chi connectivity index (χ4v) is 2.51. The number of hydrogen-bond donors (Lipinski definition) is 1. The molecule has 0 unspecified atom stereocenters. The van der Waals surface area contributed by atoms with Gasteiger partial charge in [0.15, 0.2) is 18.1 Å². The van der Waals surface area contributed by atoms with Crippen molar-refractivity contribution < 1.29 is 19.1 Å². The van der Waals surface area contributed by atoms with E-state index in [1.165, 1.54) is 0 Å². The Morgan fingerprint density at radius 1 is 1.16 bits per heavy atom. The second-order valence-corrected chi connectivity index (χ2v) is 6.30.